The molecule has 1 aliphatic heterocycles. The van der Waals surface area contributed by atoms with E-state index in [1.165, 1.54) is 0 Å². The summed E-state index contributed by atoms with van der Waals surface area (Å²) < 4.78 is 0. The Hall–Kier alpha value is -2.99. The predicted molar refractivity (Wildman–Crippen MR) is 94.1 cm³/mol. The van der Waals surface area contributed by atoms with Crippen molar-refractivity contribution in [2.75, 3.05) is 0 Å². The third-order valence-electron chi connectivity index (χ3n) is 3.65. The van der Waals surface area contributed by atoms with E-state index in [1.807, 2.05) is 48.5 Å². The van der Waals surface area contributed by atoms with Crippen LogP contribution >= 0.6 is 11.8 Å². The highest BCUT2D eigenvalue weighted by Crippen LogP contribution is 2.29. The third kappa shape index (κ3) is 2.68. The van der Waals surface area contributed by atoms with Crippen molar-refractivity contribution in [1.29, 1.82) is 0 Å². The number of carbonyl (C=O) groups excluding carboxylic acids is 2. The number of aromatic nitrogens is 2. The van der Waals surface area contributed by atoms with E-state index >= 15 is 0 Å². The van der Waals surface area contributed by atoms with Gasteiger partial charge < -0.3 is 0 Å². The molecule has 3 aromatic rings. The maximum atomic E-state index is 11.7. The number of nitrogens with one attached hydrogen (secondary N) is 1. The van der Waals surface area contributed by atoms with Gasteiger partial charge in [0.15, 0.2) is 0 Å². The SMILES string of the molecule is O=C1NC(=O)/C(=C\c2ccc3ncnc(-c4ccccc4)c3c2)S1. The predicted octanol–water partition coefficient (Wildman–Crippen LogP) is 3.62. The van der Waals surface area contributed by atoms with Gasteiger partial charge in [0.05, 0.1) is 16.1 Å². The fraction of sp³-hybridized carbons (Fsp3) is 0. The second-order valence-corrected chi connectivity index (χ2v) is 6.23. The number of nitrogens with zero attached hydrogens (tertiary/aromatic N) is 2. The number of hydrogen-bond acceptors (Lipinski definition) is 5. The smallest absolute Gasteiger partial charge is 0.282 e. The number of benzene rings is 2. The van der Waals surface area contributed by atoms with Crippen molar-refractivity contribution in [2.24, 2.45) is 0 Å². The Morgan fingerprint density at radius 3 is 2.58 bits per heavy atom. The molecule has 0 bridgehead atoms. The lowest BCUT2D eigenvalue weighted by Crippen LogP contribution is -2.17. The first kappa shape index (κ1) is 14.6. The van der Waals surface area contributed by atoms with Crippen LogP contribution in [-0.4, -0.2) is 21.1 Å². The molecular weight excluding hydrogens is 322 g/mol. The van der Waals surface area contributed by atoms with Gasteiger partial charge in [0.1, 0.15) is 6.33 Å². The van der Waals surface area contributed by atoms with Crippen LogP contribution in [0.2, 0.25) is 0 Å². The lowest BCUT2D eigenvalue weighted by molar-refractivity contribution is -0.115. The quantitative estimate of drug-likeness (QED) is 0.725. The van der Waals surface area contributed by atoms with Crippen molar-refractivity contribution < 1.29 is 9.59 Å². The molecule has 4 rings (SSSR count). The zero-order valence-corrected chi connectivity index (χ0v) is 13.2. The van der Waals surface area contributed by atoms with Crippen molar-refractivity contribution in [3.05, 3.63) is 65.3 Å². The number of thioether (sulfide) groups is 1. The summed E-state index contributed by atoms with van der Waals surface area (Å²) in [6, 6.07) is 15.5. The summed E-state index contributed by atoms with van der Waals surface area (Å²) in [6.07, 6.45) is 3.24. The Morgan fingerprint density at radius 1 is 1.00 bits per heavy atom. The first-order chi connectivity index (χ1) is 11.7. The number of imide groups is 1. The first-order valence-corrected chi connectivity index (χ1v) is 8.07. The summed E-state index contributed by atoms with van der Waals surface area (Å²) in [5.41, 5.74) is 3.48. The zero-order valence-electron chi connectivity index (χ0n) is 12.4. The Morgan fingerprint density at radius 2 is 1.83 bits per heavy atom. The van der Waals surface area contributed by atoms with E-state index in [9.17, 15) is 9.59 Å². The van der Waals surface area contributed by atoms with Gasteiger partial charge in [-0.05, 0) is 35.5 Å². The van der Waals surface area contributed by atoms with Crippen LogP contribution < -0.4 is 5.32 Å². The normalized spacial score (nSPS) is 15.9. The summed E-state index contributed by atoms with van der Waals surface area (Å²) >= 11 is 0.905. The number of rotatable bonds is 2. The Kier molecular flexibility index (Phi) is 3.59. The molecule has 5 nitrogen and oxygen atoms in total. The second kappa shape index (κ2) is 5.90. The third-order valence-corrected chi connectivity index (χ3v) is 4.46. The fourth-order valence-electron chi connectivity index (χ4n) is 2.56. The topological polar surface area (TPSA) is 72.0 Å². The first-order valence-electron chi connectivity index (χ1n) is 7.26. The van der Waals surface area contributed by atoms with Gasteiger partial charge in [-0.25, -0.2) is 9.97 Å². The highest BCUT2D eigenvalue weighted by molar-refractivity contribution is 8.18. The van der Waals surface area contributed by atoms with Gasteiger partial charge >= 0.3 is 0 Å². The molecule has 1 fully saturated rings. The highest BCUT2D eigenvalue weighted by atomic mass is 32.2. The summed E-state index contributed by atoms with van der Waals surface area (Å²) in [5.74, 6) is -0.363. The number of fused-ring (bicyclic) bond motifs is 1. The van der Waals surface area contributed by atoms with Crippen LogP contribution in [0, 0.1) is 0 Å². The van der Waals surface area contributed by atoms with E-state index in [-0.39, 0.29) is 11.1 Å². The van der Waals surface area contributed by atoms with Crippen LogP contribution in [-0.2, 0) is 4.79 Å². The molecule has 2 aromatic carbocycles. The largest absolute Gasteiger partial charge is 0.290 e. The second-order valence-electron chi connectivity index (χ2n) is 5.22. The van der Waals surface area contributed by atoms with Gasteiger partial charge in [-0.3, -0.25) is 14.9 Å². The van der Waals surface area contributed by atoms with Crippen LogP contribution in [0.15, 0.2) is 59.8 Å². The molecule has 0 unspecified atom stereocenters. The van der Waals surface area contributed by atoms with Gasteiger partial charge in [0.25, 0.3) is 11.1 Å². The average Bonchev–Trinajstić information content (AvgIpc) is 2.92. The van der Waals surface area contributed by atoms with E-state index in [0.29, 0.717) is 4.91 Å². The average molecular weight is 333 g/mol. The molecule has 0 atom stereocenters. The van der Waals surface area contributed by atoms with Crippen LogP contribution in [0.1, 0.15) is 5.56 Å². The molecule has 6 heteroatoms. The molecule has 0 aliphatic carbocycles. The molecule has 0 spiro atoms. The molecule has 1 aromatic heterocycles. The molecule has 1 N–H and O–H groups in total. The molecule has 2 amide bonds. The Bertz CT molecular complexity index is 1000. The lowest BCUT2D eigenvalue weighted by atomic mass is 10.0. The van der Waals surface area contributed by atoms with E-state index in [0.717, 1.165) is 39.5 Å². The maximum Gasteiger partial charge on any atom is 0.290 e. The molecule has 2 heterocycles. The molecule has 0 radical (unpaired) electrons. The molecule has 116 valence electrons. The Balaban J connectivity index is 1.85. The molecule has 0 saturated carbocycles. The minimum Gasteiger partial charge on any atom is -0.282 e. The van der Waals surface area contributed by atoms with E-state index < -0.39 is 0 Å². The fourth-order valence-corrected chi connectivity index (χ4v) is 3.24. The summed E-state index contributed by atoms with van der Waals surface area (Å²) in [4.78, 5) is 32.1. The summed E-state index contributed by atoms with van der Waals surface area (Å²) in [7, 11) is 0. The monoisotopic (exact) mass is 333 g/mol. The lowest BCUT2D eigenvalue weighted by Gasteiger charge is -2.06. The van der Waals surface area contributed by atoms with Crippen molar-refractivity contribution in [1.82, 2.24) is 15.3 Å². The summed E-state index contributed by atoms with van der Waals surface area (Å²) in [6.45, 7) is 0. The van der Waals surface area contributed by atoms with Gasteiger partial charge in [-0.1, -0.05) is 36.4 Å². The minimum atomic E-state index is -0.363. The maximum absolute atomic E-state index is 11.7. The van der Waals surface area contributed by atoms with Crippen molar-refractivity contribution in [2.45, 2.75) is 0 Å². The van der Waals surface area contributed by atoms with Crippen molar-refractivity contribution in [3.8, 4) is 11.3 Å². The molecule has 24 heavy (non-hydrogen) atoms. The van der Waals surface area contributed by atoms with Crippen molar-refractivity contribution in [3.63, 3.8) is 0 Å². The number of carbonyl (C=O) groups is 2. The molecule has 1 aliphatic rings. The summed E-state index contributed by atoms with van der Waals surface area (Å²) in [5, 5.41) is 2.80. The molecule has 1 saturated heterocycles. The zero-order chi connectivity index (χ0) is 16.5. The van der Waals surface area contributed by atoms with E-state index in [4.69, 9.17) is 0 Å². The van der Waals surface area contributed by atoms with Crippen LogP contribution in [0.5, 0.6) is 0 Å². The Labute approximate surface area is 141 Å². The number of hydrogen-bond donors (Lipinski definition) is 1. The van der Waals surface area contributed by atoms with E-state index in [2.05, 4.69) is 15.3 Å². The standard InChI is InChI=1S/C18H11N3O2S/c22-17-15(24-18(23)21-17)9-11-6-7-14-13(8-11)16(20-10-19-14)12-4-2-1-3-5-12/h1-10H,(H,21,22,23)/b15-9+. The van der Waals surface area contributed by atoms with E-state index in [1.54, 1.807) is 12.4 Å². The van der Waals surface area contributed by atoms with Gasteiger partial charge in [0.2, 0.25) is 0 Å². The van der Waals surface area contributed by atoms with Crippen LogP contribution in [0.25, 0.3) is 28.2 Å². The van der Waals surface area contributed by atoms with Gasteiger partial charge in [-0.15, -0.1) is 0 Å². The van der Waals surface area contributed by atoms with Gasteiger partial charge in [0, 0.05) is 10.9 Å². The highest BCUT2D eigenvalue weighted by Gasteiger charge is 2.24. The van der Waals surface area contributed by atoms with Gasteiger partial charge in [-0.2, -0.15) is 0 Å². The molecular formula is C18H11N3O2S. The van der Waals surface area contributed by atoms with Crippen LogP contribution in [0.3, 0.4) is 0 Å². The van der Waals surface area contributed by atoms with Crippen molar-refractivity contribution >= 4 is 39.9 Å². The number of amides is 2. The van der Waals surface area contributed by atoms with Crippen LogP contribution in [0.4, 0.5) is 4.79 Å². The minimum absolute atomic E-state index is 0.347.